The van der Waals surface area contributed by atoms with Gasteiger partial charge in [0.2, 0.25) is 0 Å². The summed E-state index contributed by atoms with van der Waals surface area (Å²) in [5, 5.41) is 4.01. The number of carbonyl (C=O) groups excluding carboxylic acids is 1. The normalized spacial score (nSPS) is 18.6. The van der Waals surface area contributed by atoms with Crippen molar-refractivity contribution in [1.82, 2.24) is 24.9 Å². The summed E-state index contributed by atoms with van der Waals surface area (Å²) in [4.78, 5) is 26.6. The predicted molar refractivity (Wildman–Crippen MR) is 101 cm³/mol. The molecule has 0 spiro atoms. The van der Waals surface area contributed by atoms with Crippen molar-refractivity contribution in [2.75, 3.05) is 26.7 Å². The Balaban J connectivity index is 1.43. The number of aromatic nitrogens is 3. The Bertz CT molecular complexity index is 839. The van der Waals surface area contributed by atoms with Crippen molar-refractivity contribution in [1.29, 1.82) is 0 Å². The second-order valence-electron chi connectivity index (χ2n) is 7.67. The second kappa shape index (κ2) is 7.38. The van der Waals surface area contributed by atoms with Gasteiger partial charge in [0.25, 0.3) is 5.91 Å². The van der Waals surface area contributed by atoms with Crippen LogP contribution in [0.15, 0.2) is 10.7 Å². The van der Waals surface area contributed by atoms with E-state index >= 15 is 0 Å². The number of rotatable bonds is 3. The summed E-state index contributed by atoms with van der Waals surface area (Å²) in [6.45, 7) is 7.23. The third kappa shape index (κ3) is 3.48. The van der Waals surface area contributed by atoms with E-state index in [1.807, 2.05) is 24.9 Å². The van der Waals surface area contributed by atoms with Gasteiger partial charge in [-0.05, 0) is 33.2 Å². The van der Waals surface area contributed by atoms with Crippen LogP contribution in [-0.4, -0.2) is 57.5 Å². The van der Waals surface area contributed by atoms with Crippen molar-refractivity contribution in [2.45, 2.75) is 52.0 Å². The Kier molecular flexibility index (Phi) is 4.95. The molecule has 2 aromatic rings. The fourth-order valence-electron chi connectivity index (χ4n) is 4.10. The number of nitrogens with zero attached hydrogens (tertiary/aromatic N) is 5. The van der Waals surface area contributed by atoms with Gasteiger partial charge in [-0.1, -0.05) is 12.1 Å². The molecular weight excluding hydrogens is 342 g/mol. The van der Waals surface area contributed by atoms with Crippen LogP contribution in [0, 0.1) is 6.92 Å². The molecular formula is C20H27N5O2. The van der Waals surface area contributed by atoms with Gasteiger partial charge in [0.15, 0.2) is 0 Å². The number of likely N-dealkylation sites (N-methyl/N-ethyl adjacent to an activating group) is 1. The van der Waals surface area contributed by atoms with Crippen LogP contribution in [0.4, 0.5) is 0 Å². The lowest BCUT2D eigenvalue weighted by atomic mass is 9.94. The van der Waals surface area contributed by atoms with Crippen LogP contribution in [0.5, 0.6) is 0 Å². The van der Waals surface area contributed by atoms with Gasteiger partial charge in [-0.25, -0.2) is 9.97 Å². The minimum atomic E-state index is 0.0402. The SMILES string of the molecule is CCc1noc(C)c1C(=O)N1CCC(c2ncc3c(n2)CCN(C)C3)CC1. The quantitative estimate of drug-likeness (QED) is 0.827. The Labute approximate surface area is 159 Å². The third-order valence-electron chi connectivity index (χ3n) is 5.77. The van der Waals surface area contributed by atoms with Crippen LogP contribution in [0.1, 0.15) is 64.6 Å². The molecule has 1 saturated heterocycles. The van der Waals surface area contributed by atoms with Gasteiger partial charge < -0.3 is 14.3 Å². The zero-order valence-electron chi connectivity index (χ0n) is 16.4. The average molecular weight is 369 g/mol. The summed E-state index contributed by atoms with van der Waals surface area (Å²) in [6, 6.07) is 0. The molecule has 2 aliphatic rings. The molecule has 7 nitrogen and oxygen atoms in total. The molecule has 1 amide bonds. The molecule has 0 aliphatic carbocycles. The smallest absolute Gasteiger partial charge is 0.259 e. The molecule has 1 fully saturated rings. The van der Waals surface area contributed by atoms with Crippen LogP contribution in [0.2, 0.25) is 0 Å². The maximum absolute atomic E-state index is 12.9. The summed E-state index contributed by atoms with van der Waals surface area (Å²) in [7, 11) is 2.13. The second-order valence-corrected chi connectivity index (χ2v) is 7.67. The first-order valence-corrected chi connectivity index (χ1v) is 9.84. The topological polar surface area (TPSA) is 75.4 Å². The Morgan fingerprint density at radius 2 is 2.07 bits per heavy atom. The van der Waals surface area contributed by atoms with Crippen molar-refractivity contribution in [3.63, 3.8) is 0 Å². The number of likely N-dealkylation sites (tertiary alicyclic amines) is 1. The number of aryl methyl sites for hydroxylation is 2. The van der Waals surface area contributed by atoms with E-state index in [-0.39, 0.29) is 5.91 Å². The highest BCUT2D eigenvalue weighted by Gasteiger charge is 2.30. The monoisotopic (exact) mass is 369 g/mol. The van der Waals surface area contributed by atoms with E-state index in [0.717, 1.165) is 57.0 Å². The molecule has 27 heavy (non-hydrogen) atoms. The van der Waals surface area contributed by atoms with Crippen molar-refractivity contribution >= 4 is 5.91 Å². The van der Waals surface area contributed by atoms with Crippen molar-refractivity contribution < 1.29 is 9.32 Å². The maximum atomic E-state index is 12.9. The summed E-state index contributed by atoms with van der Waals surface area (Å²) in [5.41, 5.74) is 3.84. The molecule has 7 heteroatoms. The molecule has 2 aromatic heterocycles. The number of hydrogen-bond acceptors (Lipinski definition) is 6. The maximum Gasteiger partial charge on any atom is 0.259 e. The molecule has 4 heterocycles. The third-order valence-corrected chi connectivity index (χ3v) is 5.77. The van der Waals surface area contributed by atoms with E-state index in [0.29, 0.717) is 23.7 Å². The number of amides is 1. The Morgan fingerprint density at radius 1 is 1.30 bits per heavy atom. The van der Waals surface area contributed by atoms with Crippen molar-refractivity contribution in [3.05, 3.63) is 40.3 Å². The molecule has 0 aromatic carbocycles. The molecule has 144 valence electrons. The first-order chi connectivity index (χ1) is 13.1. The Morgan fingerprint density at radius 3 is 2.81 bits per heavy atom. The zero-order valence-corrected chi connectivity index (χ0v) is 16.4. The fraction of sp³-hybridized carbons (Fsp3) is 0.600. The molecule has 0 unspecified atom stereocenters. The van der Waals surface area contributed by atoms with Crippen molar-refractivity contribution in [2.24, 2.45) is 0 Å². The van der Waals surface area contributed by atoms with Crippen molar-refractivity contribution in [3.8, 4) is 0 Å². The van der Waals surface area contributed by atoms with E-state index in [2.05, 4.69) is 22.1 Å². The number of fused-ring (bicyclic) bond motifs is 1. The fourth-order valence-corrected chi connectivity index (χ4v) is 4.10. The highest BCUT2D eigenvalue weighted by molar-refractivity contribution is 5.96. The lowest BCUT2D eigenvalue weighted by Crippen LogP contribution is -2.39. The average Bonchev–Trinajstić information content (AvgIpc) is 3.07. The van der Waals surface area contributed by atoms with E-state index in [1.165, 1.54) is 11.3 Å². The molecule has 0 N–H and O–H groups in total. The molecule has 0 atom stereocenters. The number of hydrogen-bond donors (Lipinski definition) is 0. The van der Waals surface area contributed by atoms with Crippen LogP contribution >= 0.6 is 0 Å². The highest BCUT2D eigenvalue weighted by Crippen LogP contribution is 2.28. The molecule has 2 aliphatic heterocycles. The largest absolute Gasteiger partial charge is 0.361 e. The Hall–Kier alpha value is -2.28. The first kappa shape index (κ1) is 18.1. The minimum absolute atomic E-state index is 0.0402. The van der Waals surface area contributed by atoms with Crippen LogP contribution in [-0.2, 0) is 19.4 Å². The van der Waals surface area contributed by atoms with Crippen LogP contribution in [0.3, 0.4) is 0 Å². The van der Waals surface area contributed by atoms with Gasteiger partial charge >= 0.3 is 0 Å². The lowest BCUT2D eigenvalue weighted by molar-refractivity contribution is 0.0708. The first-order valence-electron chi connectivity index (χ1n) is 9.84. The number of piperidine rings is 1. The van der Waals surface area contributed by atoms with Gasteiger partial charge in [-0.3, -0.25) is 4.79 Å². The van der Waals surface area contributed by atoms with Gasteiger partial charge in [-0.2, -0.15) is 0 Å². The van der Waals surface area contributed by atoms with Gasteiger partial charge in [-0.15, -0.1) is 0 Å². The van der Waals surface area contributed by atoms with Crippen LogP contribution < -0.4 is 0 Å². The summed E-state index contributed by atoms with van der Waals surface area (Å²) >= 11 is 0. The summed E-state index contributed by atoms with van der Waals surface area (Å²) in [6.07, 6.45) is 5.49. The van der Waals surface area contributed by atoms with Gasteiger partial charge in [0.05, 0.1) is 5.69 Å². The number of carbonyl (C=O) groups is 1. The standard InChI is InChI=1S/C20H27N5O2/c1-4-16-18(13(2)27-23-16)20(26)25-9-5-14(6-10-25)19-21-11-15-12-24(3)8-7-17(15)22-19/h11,14H,4-10,12H2,1-3H3. The van der Waals surface area contributed by atoms with E-state index in [9.17, 15) is 4.79 Å². The van der Waals surface area contributed by atoms with E-state index < -0.39 is 0 Å². The summed E-state index contributed by atoms with van der Waals surface area (Å²) < 4.78 is 5.23. The summed E-state index contributed by atoms with van der Waals surface area (Å²) in [5.74, 6) is 1.93. The lowest BCUT2D eigenvalue weighted by Gasteiger charge is -2.32. The zero-order chi connectivity index (χ0) is 19.0. The van der Waals surface area contributed by atoms with E-state index in [1.54, 1.807) is 0 Å². The van der Waals surface area contributed by atoms with E-state index in [4.69, 9.17) is 9.51 Å². The molecule has 4 rings (SSSR count). The molecule has 0 bridgehead atoms. The molecule has 0 saturated carbocycles. The van der Waals surface area contributed by atoms with Gasteiger partial charge in [0.1, 0.15) is 17.1 Å². The highest BCUT2D eigenvalue weighted by atomic mass is 16.5. The minimum Gasteiger partial charge on any atom is -0.361 e. The van der Waals surface area contributed by atoms with Gasteiger partial charge in [0, 0.05) is 56.0 Å². The predicted octanol–water partition coefficient (Wildman–Crippen LogP) is 2.34. The molecule has 0 radical (unpaired) electrons. The van der Waals surface area contributed by atoms with Crippen LogP contribution in [0.25, 0.3) is 0 Å².